The number of amides is 3. The van der Waals surface area contributed by atoms with Gasteiger partial charge in [-0.2, -0.15) is 5.10 Å². The molecule has 4 rings (SSSR count). The van der Waals surface area contributed by atoms with Crippen LogP contribution in [-0.2, 0) is 14.4 Å². The van der Waals surface area contributed by atoms with Crippen LogP contribution >= 0.6 is 11.8 Å². The summed E-state index contributed by atoms with van der Waals surface area (Å²) in [5.41, 5.74) is -0.487. The minimum atomic E-state index is -1.19. The molecule has 4 N–H and O–H groups in total. The molecule has 33 heavy (non-hydrogen) atoms. The van der Waals surface area contributed by atoms with Gasteiger partial charge < -0.3 is 20.6 Å². The van der Waals surface area contributed by atoms with E-state index in [0.717, 1.165) is 0 Å². The second-order valence-electron chi connectivity index (χ2n) is 8.20. The fraction of sp³-hybridized carbons (Fsp3) is 0.333. The van der Waals surface area contributed by atoms with Crippen molar-refractivity contribution in [3.8, 4) is 0 Å². The van der Waals surface area contributed by atoms with Crippen LogP contribution in [0.25, 0.3) is 0 Å². The van der Waals surface area contributed by atoms with Crippen LogP contribution in [0, 0.1) is 0 Å². The first-order valence-corrected chi connectivity index (χ1v) is 10.9. The van der Waals surface area contributed by atoms with Gasteiger partial charge in [0.15, 0.2) is 0 Å². The van der Waals surface area contributed by atoms with E-state index in [2.05, 4.69) is 20.8 Å². The lowest BCUT2D eigenvalue weighted by atomic mass is 9.95. The second kappa shape index (κ2) is 8.35. The van der Waals surface area contributed by atoms with Crippen molar-refractivity contribution < 1.29 is 24.3 Å². The van der Waals surface area contributed by atoms with Gasteiger partial charge >= 0.3 is 5.97 Å². The molecule has 2 aliphatic heterocycles. The van der Waals surface area contributed by atoms with Gasteiger partial charge in [-0.3, -0.25) is 19.2 Å². The Labute approximate surface area is 191 Å². The predicted octanol–water partition coefficient (Wildman–Crippen LogP) is -0.127. The summed E-state index contributed by atoms with van der Waals surface area (Å²) in [7, 11) is 0. The Kier molecular flexibility index (Phi) is 5.70. The van der Waals surface area contributed by atoms with Gasteiger partial charge in [0.25, 0.3) is 11.5 Å². The van der Waals surface area contributed by atoms with Gasteiger partial charge in [-0.15, -0.1) is 11.8 Å². The van der Waals surface area contributed by atoms with Crippen LogP contribution in [-0.4, -0.2) is 66.1 Å². The number of β-lactam (4-membered cyclic amide) rings is 1. The molecule has 0 saturated carbocycles. The fourth-order valence-electron chi connectivity index (χ4n) is 4.06. The summed E-state index contributed by atoms with van der Waals surface area (Å²) < 4.78 is -0.735. The first kappa shape index (κ1) is 22.5. The topological polar surface area (TPSA) is 162 Å². The first-order chi connectivity index (χ1) is 15.6. The number of fused-ring (bicyclic) bond motifs is 1. The summed E-state index contributed by atoms with van der Waals surface area (Å²) >= 11 is 1.30. The molecule has 1 aromatic carbocycles. The highest BCUT2D eigenvalue weighted by molar-refractivity contribution is 8.01. The van der Waals surface area contributed by atoms with Crippen molar-refractivity contribution in [2.45, 2.75) is 42.1 Å². The number of rotatable bonds is 6. The van der Waals surface area contributed by atoms with Crippen LogP contribution < -0.4 is 16.2 Å². The monoisotopic (exact) mass is 471 g/mol. The SMILES string of the molecule is CC1(C)S[C@@H]2[C@H](NC(=O)C(NC(=O)c3ccn[nH]c3=O)c3ccccc3)C(=O)N2[C@H]1C(=O)O. The number of carbonyl (C=O) groups is 4. The van der Waals surface area contributed by atoms with Gasteiger partial charge in [0.2, 0.25) is 11.8 Å². The Morgan fingerprint density at radius 3 is 2.52 bits per heavy atom. The summed E-state index contributed by atoms with van der Waals surface area (Å²) in [5, 5.41) is 19.9. The molecular weight excluding hydrogens is 450 g/mol. The lowest BCUT2D eigenvalue weighted by Crippen LogP contribution is -2.71. The van der Waals surface area contributed by atoms with Gasteiger partial charge in [-0.25, -0.2) is 9.89 Å². The Bertz CT molecular complexity index is 1180. The molecule has 172 valence electrons. The lowest BCUT2D eigenvalue weighted by molar-refractivity contribution is -0.161. The summed E-state index contributed by atoms with van der Waals surface area (Å²) in [4.78, 5) is 63.5. The molecule has 1 aromatic heterocycles. The van der Waals surface area contributed by atoms with Crippen molar-refractivity contribution >= 4 is 35.5 Å². The van der Waals surface area contributed by atoms with Crippen molar-refractivity contribution in [3.63, 3.8) is 0 Å². The van der Waals surface area contributed by atoms with E-state index in [4.69, 9.17) is 0 Å². The number of aliphatic carboxylic acids is 1. The standard InChI is InChI=1S/C21H21N5O6S/c1-21(2)14(20(31)32)26-18(30)13(19(26)33-21)24-17(29)12(10-6-4-3-5-7-10)23-15(27)11-8-9-22-25-16(11)28/h3-9,12-14,19H,1-2H3,(H,23,27)(H,24,29)(H,25,28)(H,31,32)/t12?,13-,14+,19-/m1/s1. The van der Waals surface area contributed by atoms with Crippen molar-refractivity contribution in [2.75, 3.05) is 0 Å². The third-order valence-electron chi connectivity index (χ3n) is 5.61. The zero-order valence-corrected chi connectivity index (χ0v) is 18.5. The number of hydrogen-bond donors (Lipinski definition) is 4. The highest BCUT2D eigenvalue weighted by Crippen LogP contribution is 2.50. The van der Waals surface area contributed by atoms with E-state index in [1.165, 1.54) is 28.9 Å². The maximum atomic E-state index is 13.2. The summed E-state index contributed by atoms with van der Waals surface area (Å²) in [5.74, 6) is -3.05. The number of nitrogens with zero attached hydrogens (tertiary/aromatic N) is 2. The van der Waals surface area contributed by atoms with Crippen molar-refractivity contribution in [2.24, 2.45) is 0 Å². The molecule has 0 spiro atoms. The largest absolute Gasteiger partial charge is 0.480 e. The number of aromatic amines is 1. The van der Waals surface area contributed by atoms with Gasteiger partial charge in [0, 0.05) is 10.9 Å². The molecule has 0 radical (unpaired) electrons. The van der Waals surface area contributed by atoms with Crippen LogP contribution in [0.15, 0.2) is 47.4 Å². The number of thioether (sulfide) groups is 1. The van der Waals surface area contributed by atoms with Crippen LogP contribution in [0.1, 0.15) is 35.8 Å². The maximum Gasteiger partial charge on any atom is 0.327 e. The van der Waals surface area contributed by atoms with E-state index in [9.17, 15) is 29.1 Å². The van der Waals surface area contributed by atoms with Crippen molar-refractivity contribution in [3.05, 3.63) is 64.1 Å². The Hall–Kier alpha value is -3.67. The summed E-state index contributed by atoms with van der Waals surface area (Å²) in [6.07, 6.45) is 1.24. The quantitative estimate of drug-likeness (QED) is 0.424. The van der Waals surface area contributed by atoms with Crippen LogP contribution in [0.5, 0.6) is 0 Å². The van der Waals surface area contributed by atoms with E-state index in [1.807, 2.05) is 0 Å². The summed E-state index contributed by atoms with van der Waals surface area (Å²) in [6, 6.07) is 6.47. The number of carboxylic acids is 1. The minimum absolute atomic E-state index is 0.220. The molecule has 0 aliphatic carbocycles. The van der Waals surface area contributed by atoms with Crippen molar-refractivity contribution in [1.82, 2.24) is 25.7 Å². The first-order valence-electron chi connectivity index (χ1n) is 10.0. The highest BCUT2D eigenvalue weighted by atomic mass is 32.2. The molecule has 2 aromatic rings. The van der Waals surface area contributed by atoms with E-state index in [0.29, 0.717) is 5.56 Å². The number of carboxylic acid groups (broad SMARTS) is 1. The second-order valence-corrected chi connectivity index (χ2v) is 9.97. The molecule has 0 bridgehead atoms. The Morgan fingerprint density at radius 2 is 1.88 bits per heavy atom. The molecule has 2 aliphatic rings. The zero-order chi connectivity index (χ0) is 23.9. The molecule has 4 atom stereocenters. The molecule has 3 heterocycles. The van der Waals surface area contributed by atoms with Crippen molar-refractivity contribution in [1.29, 1.82) is 0 Å². The maximum absolute atomic E-state index is 13.2. The molecule has 2 fully saturated rings. The molecule has 12 heteroatoms. The molecular formula is C21H21N5O6S. The summed E-state index contributed by atoms with van der Waals surface area (Å²) in [6.45, 7) is 3.47. The number of H-pyrrole nitrogens is 1. The average molecular weight is 471 g/mol. The van der Waals surface area contributed by atoms with Crippen LogP contribution in [0.2, 0.25) is 0 Å². The zero-order valence-electron chi connectivity index (χ0n) is 17.6. The number of carbonyl (C=O) groups excluding carboxylic acids is 3. The number of benzene rings is 1. The van der Waals surface area contributed by atoms with E-state index >= 15 is 0 Å². The Morgan fingerprint density at radius 1 is 1.18 bits per heavy atom. The number of nitrogens with one attached hydrogen (secondary N) is 3. The highest BCUT2D eigenvalue weighted by Gasteiger charge is 2.64. The molecule has 11 nitrogen and oxygen atoms in total. The van der Waals surface area contributed by atoms with Gasteiger partial charge in [-0.1, -0.05) is 30.3 Å². The minimum Gasteiger partial charge on any atom is -0.480 e. The Balaban J connectivity index is 1.55. The predicted molar refractivity (Wildman–Crippen MR) is 117 cm³/mol. The molecule has 1 unspecified atom stereocenters. The average Bonchev–Trinajstić information content (AvgIpc) is 3.04. The molecule has 3 amide bonds. The van der Waals surface area contributed by atoms with Gasteiger partial charge in [-0.05, 0) is 25.5 Å². The number of aromatic nitrogens is 2. The third-order valence-corrected chi connectivity index (χ3v) is 7.19. The smallest absolute Gasteiger partial charge is 0.327 e. The third kappa shape index (κ3) is 3.97. The fourth-order valence-corrected chi connectivity index (χ4v) is 5.68. The lowest BCUT2D eigenvalue weighted by Gasteiger charge is -2.44. The van der Waals surface area contributed by atoms with E-state index in [-0.39, 0.29) is 5.56 Å². The molecule has 2 saturated heterocycles. The van der Waals surface area contributed by atoms with E-state index in [1.54, 1.807) is 44.2 Å². The van der Waals surface area contributed by atoms with Crippen LogP contribution in [0.3, 0.4) is 0 Å². The van der Waals surface area contributed by atoms with Crippen LogP contribution in [0.4, 0.5) is 0 Å². The normalized spacial score (nSPS) is 23.8. The van der Waals surface area contributed by atoms with E-state index < -0.39 is 57.5 Å². The van der Waals surface area contributed by atoms with Gasteiger partial charge in [0.1, 0.15) is 29.1 Å². The number of hydrogen-bond acceptors (Lipinski definition) is 7. The van der Waals surface area contributed by atoms with Gasteiger partial charge in [0.05, 0.1) is 0 Å².